The van der Waals surface area contributed by atoms with Gasteiger partial charge in [0.05, 0.1) is 11.2 Å². The molecule has 0 unspecified atom stereocenters. The second-order valence-electron chi connectivity index (χ2n) is 5.18. The number of aryl methyl sites for hydroxylation is 1. The Bertz CT molecular complexity index is 882. The van der Waals surface area contributed by atoms with Crippen molar-refractivity contribution in [3.8, 4) is 5.75 Å². The number of pyridine rings is 1. The number of halogens is 1. The number of phenols is 1. The summed E-state index contributed by atoms with van der Waals surface area (Å²) in [5.74, 6) is 0.177. The smallest absolute Gasteiger partial charge is 0.124 e. The summed E-state index contributed by atoms with van der Waals surface area (Å²) in [4.78, 5) is 8.86. The van der Waals surface area contributed by atoms with E-state index in [4.69, 9.17) is 11.6 Å². The number of rotatable bonds is 2. The predicted molar refractivity (Wildman–Crippen MR) is 91.6 cm³/mol. The molecule has 3 rings (SSSR count). The second kappa shape index (κ2) is 5.78. The zero-order valence-corrected chi connectivity index (χ0v) is 13.1. The first-order valence-corrected chi connectivity index (χ1v) is 7.32. The fourth-order valence-electron chi connectivity index (χ4n) is 2.44. The lowest BCUT2D eigenvalue weighted by atomic mass is 10.0. The van der Waals surface area contributed by atoms with Crippen LogP contribution in [0.25, 0.3) is 10.9 Å². The van der Waals surface area contributed by atoms with E-state index in [1.807, 2.05) is 44.2 Å². The number of aliphatic imine (C=N–C) groups is 1. The summed E-state index contributed by atoms with van der Waals surface area (Å²) >= 11 is 6.25. The van der Waals surface area contributed by atoms with Crippen molar-refractivity contribution >= 4 is 34.4 Å². The Kier molecular flexibility index (Phi) is 3.82. The van der Waals surface area contributed by atoms with E-state index in [0.717, 1.165) is 27.7 Å². The van der Waals surface area contributed by atoms with Crippen molar-refractivity contribution in [3.05, 3.63) is 64.3 Å². The lowest BCUT2D eigenvalue weighted by Crippen LogP contribution is -1.92. The third-order valence-electron chi connectivity index (χ3n) is 3.65. The fraction of sp³-hybridized carbons (Fsp3) is 0.111. The van der Waals surface area contributed by atoms with E-state index in [1.54, 1.807) is 18.5 Å². The fourth-order valence-corrected chi connectivity index (χ4v) is 2.60. The van der Waals surface area contributed by atoms with E-state index in [-0.39, 0.29) is 5.75 Å². The number of nitrogens with zero attached hydrogens (tertiary/aromatic N) is 2. The molecule has 0 saturated carbocycles. The van der Waals surface area contributed by atoms with Gasteiger partial charge in [-0.25, -0.2) is 0 Å². The maximum Gasteiger partial charge on any atom is 0.124 e. The average molecular weight is 311 g/mol. The molecule has 0 saturated heterocycles. The first-order valence-electron chi connectivity index (χ1n) is 6.94. The van der Waals surface area contributed by atoms with E-state index in [2.05, 4.69) is 9.98 Å². The minimum absolute atomic E-state index is 0.177. The molecular formula is C18H15ClN2O. The number of hydrogen-bond donors (Lipinski definition) is 1. The number of benzene rings is 2. The van der Waals surface area contributed by atoms with Gasteiger partial charge in [-0.3, -0.25) is 9.98 Å². The van der Waals surface area contributed by atoms with E-state index >= 15 is 0 Å². The van der Waals surface area contributed by atoms with Crippen LogP contribution in [-0.2, 0) is 0 Å². The summed E-state index contributed by atoms with van der Waals surface area (Å²) in [5, 5.41) is 11.8. The van der Waals surface area contributed by atoms with Crippen molar-refractivity contribution in [1.29, 1.82) is 0 Å². The molecule has 2 aromatic carbocycles. The molecule has 0 aliphatic heterocycles. The van der Waals surface area contributed by atoms with Gasteiger partial charge >= 0.3 is 0 Å². The van der Waals surface area contributed by atoms with Gasteiger partial charge in [0.25, 0.3) is 0 Å². The largest absolute Gasteiger partial charge is 0.507 e. The quantitative estimate of drug-likeness (QED) is 0.680. The summed E-state index contributed by atoms with van der Waals surface area (Å²) in [6.07, 6.45) is 3.38. The standard InChI is InChI=1S/C18H15ClN2O/c1-11-9-16(22)14(12(2)17(11)19)10-21-15-7-3-5-13-6-4-8-20-18(13)15/h3-10,22H,1-2H3. The predicted octanol–water partition coefficient (Wildman–Crippen LogP) is 4.96. The summed E-state index contributed by atoms with van der Waals surface area (Å²) in [7, 11) is 0. The van der Waals surface area contributed by atoms with Crippen molar-refractivity contribution in [2.45, 2.75) is 13.8 Å². The number of para-hydroxylation sites is 1. The van der Waals surface area contributed by atoms with Crippen LogP contribution < -0.4 is 0 Å². The Balaban J connectivity index is 2.10. The maximum absolute atomic E-state index is 10.1. The van der Waals surface area contributed by atoms with Crippen LogP contribution in [-0.4, -0.2) is 16.3 Å². The van der Waals surface area contributed by atoms with Crippen molar-refractivity contribution in [2.75, 3.05) is 0 Å². The van der Waals surface area contributed by atoms with Crippen molar-refractivity contribution in [3.63, 3.8) is 0 Å². The highest BCUT2D eigenvalue weighted by molar-refractivity contribution is 6.32. The van der Waals surface area contributed by atoms with Crippen LogP contribution in [0, 0.1) is 13.8 Å². The zero-order valence-electron chi connectivity index (χ0n) is 12.3. The molecule has 0 radical (unpaired) electrons. The summed E-state index contributed by atoms with van der Waals surface area (Å²) in [6, 6.07) is 11.4. The molecular weight excluding hydrogens is 296 g/mol. The molecule has 3 aromatic rings. The van der Waals surface area contributed by atoms with E-state index < -0.39 is 0 Å². The summed E-state index contributed by atoms with van der Waals surface area (Å²) in [5.41, 5.74) is 3.88. The first-order chi connectivity index (χ1) is 10.6. The maximum atomic E-state index is 10.1. The topological polar surface area (TPSA) is 45.5 Å². The molecule has 1 heterocycles. The van der Waals surface area contributed by atoms with Gasteiger partial charge in [0.15, 0.2) is 0 Å². The van der Waals surface area contributed by atoms with Crippen LogP contribution in [0.4, 0.5) is 5.69 Å². The van der Waals surface area contributed by atoms with Gasteiger partial charge in [-0.2, -0.15) is 0 Å². The van der Waals surface area contributed by atoms with Crippen LogP contribution in [0.1, 0.15) is 16.7 Å². The van der Waals surface area contributed by atoms with Gasteiger partial charge in [-0.15, -0.1) is 0 Å². The lowest BCUT2D eigenvalue weighted by molar-refractivity contribution is 0.473. The Morgan fingerprint density at radius 2 is 1.95 bits per heavy atom. The second-order valence-corrected chi connectivity index (χ2v) is 5.55. The number of fused-ring (bicyclic) bond motifs is 1. The monoisotopic (exact) mass is 310 g/mol. The number of hydrogen-bond acceptors (Lipinski definition) is 3. The van der Waals surface area contributed by atoms with E-state index in [0.29, 0.717) is 10.6 Å². The number of aromatic hydroxyl groups is 1. The van der Waals surface area contributed by atoms with Gasteiger partial charge < -0.3 is 5.11 Å². The molecule has 1 aromatic heterocycles. The molecule has 4 heteroatoms. The average Bonchev–Trinajstić information content (AvgIpc) is 2.53. The lowest BCUT2D eigenvalue weighted by Gasteiger charge is -2.09. The van der Waals surface area contributed by atoms with Crippen molar-refractivity contribution in [2.24, 2.45) is 4.99 Å². The minimum Gasteiger partial charge on any atom is -0.507 e. The van der Waals surface area contributed by atoms with Crippen LogP contribution >= 0.6 is 11.6 Å². The van der Waals surface area contributed by atoms with E-state index in [9.17, 15) is 5.11 Å². The van der Waals surface area contributed by atoms with Crippen molar-refractivity contribution in [1.82, 2.24) is 4.98 Å². The number of phenolic OH excluding ortho intramolecular Hbond substituents is 1. The highest BCUT2D eigenvalue weighted by Gasteiger charge is 2.10. The van der Waals surface area contributed by atoms with Gasteiger partial charge in [0, 0.05) is 28.4 Å². The Labute approximate surface area is 133 Å². The molecule has 0 aliphatic rings. The highest BCUT2D eigenvalue weighted by atomic mass is 35.5. The molecule has 0 amide bonds. The molecule has 0 atom stereocenters. The highest BCUT2D eigenvalue weighted by Crippen LogP contribution is 2.30. The van der Waals surface area contributed by atoms with Crippen molar-refractivity contribution < 1.29 is 5.11 Å². The molecule has 0 bridgehead atoms. The molecule has 22 heavy (non-hydrogen) atoms. The van der Waals surface area contributed by atoms with Gasteiger partial charge in [0.2, 0.25) is 0 Å². The first kappa shape index (κ1) is 14.5. The zero-order chi connectivity index (χ0) is 15.7. The molecule has 0 spiro atoms. The molecule has 0 fully saturated rings. The Morgan fingerprint density at radius 3 is 2.77 bits per heavy atom. The third kappa shape index (κ3) is 2.55. The summed E-state index contributed by atoms with van der Waals surface area (Å²) in [6.45, 7) is 3.74. The molecule has 110 valence electrons. The van der Waals surface area contributed by atoms with E-state index in [1.165, 1.54) is 0 Å². The van der Waals surface area contributed by atoms with Crippen LogP contribution in [0.15, 0.2) is 47.6 Å². The van der Waals surface area contributed by atoms with Crippen LogP contribution in [0.2, 0.25) is 5.02 Å². The molecule has 3 nitrogen and oxygen atoms in total. The minimum atomic E-state index is 0.177. The molecule has 1 N–H and O–H groups in total. The third-order valence-corrected chi connectivity index (χ3v) is 4.23. The number of aromatic nitrogens is 1. The Hall–Kier alpha value is -2.39. The van der Waals surface area contributed by atoms with Crippen LogP contribution in [0.5, 0.6) is 5.75 Å². The van der Waals surface area contributed by atoms with Crippen LogP contribution in [0.3, 0.4) is 0 Å². The normalized spacial score (nSPS) is 11.4. The van der Waals surface area contributed by atoms with Gasteiger partial charge in [-0.05, 0) is 43.2 Å². The molecule has 0 aliphatic carbocycles. The Morgan fingerprint density at radius 1 is 1.18 bits per heavy atom. The van der Waals surface area contributed by atoms with Gasteiger partial charge in [0.1, 0.15) is 5.75 Å². The summed E-state index contributed by atoms with van der Waals surface area (Å²) < 4.78 is 0. The van der Waals surface area contributed by atoms with Gasteiger partial charge in [-0.1, -0.05) is 29.8 Å². The SMILES string of the molecule is Cc1cc(O)c(C=Nc2cccc3cccnc23)c(C)c1Cl.